The third-order valence-electron chi connectivity index (χ3n) is 2.14. The van der Waals surface area contributed by atoms with E-state index in [9.17, 15) is 9.18 Å². The van der Waals surface area contributed by atoms with Gasteiger partial charge in [0.15, 0.2) is 5.69 Å². The van der Waals surface area contributed by atoms with Crippen LogP contribution in [0.5, 0.6) is 11.6 Å². The third-order valence-corrected chi connectivity index (χ3v) is 2.14. The number of hydrogen-bond donors (Lipinski definition) is 2. The standard InChI is InChI=1S/C12H9FN2O3/c13-7-1-3-8(4-2-7)18-11-9(14)5-6-10(15-11)12(16)17/h1-6H,14H2,(H,16,17). The summed E-state index contributed by atoms with van der Waals surface area (Å²) in [7, 11) is 0. The first-order valence-corrected chi connectivity index (χ1v) is 4.99. The SMILES string of the molecule is Nc1ccc(C(=O)O)nc1Oc1ccc(F)cc1. The fraction of sp³-hybridized carbons (Fsp3) is 0. The Hall–Kier alpha value is -2.63. The van der Waals surface area contributed by atoms with Crippen molar-refractivity contribution in [2.45, 2.75) is 0 Å². The molecule has 5 nitrogen and oxygen atoms in total. The highest BCUT2D eigenvalue weighted by atomic mass is 19.1. The molecule has 1 aromatic heterocycles. The minimum absolute atomic E-state index is 0.0264. The summed E-state index contributed by atoms with van der Waals surface area (Å²) in [6.45, 7) is 0. The van der Waals surface area contributed by atoms with E-state index >= 15 is 0 Å². The van der Waals surface area contributed by atoms with Crippen LogP contribution in [0.25, 0.3) is 0 Å². The van der Waals surface area contributed by atoms with E-state index in [0.717, 1.165) is 0 Å². The van der Waals surface area contributed by atoms with Crippen molar-refractivity contribution in [2.24, 2.45) is 0 Å². The molecule has 0 amide bonds. The molecule has 0 bridgehead atoms. The number of nitrogens with two attached hydrogens (primary N) is 1. The number of ether oxygens (including phenoxy) is 1. The Balaban J connectivity index is 2.30. The lowest BCUT2D eigenvalue weighted by Gasteiger charge is -2.07. The van der Waals surface area contributed by atoms with Gasteiger partial charge in [-0.1, -0.05) is 0 Å². The molecule has 0 aliphatic heterocycles. The Morgan fingerprint density at radius 2 is 1.89 bits per heavy atom. The number of carboxylic acid groups (broad SMARTS) is 1. The second kappa shape index (κ2) is 4.70. The Kier molecular flexibility index (Phi) is 3.09. The van der Waals surface area contributed by atoms with Gasteiger partial charge < -0.3 is 15.6 Å². The zero-order chi connectivity index (χ0) is 13.1. The van der Waals surface area contributed by atoms with Gasteiger partial charge in [-0.15, -0.1) is 0 Å². The maximum atomic E-state index is 12.7. The zero-order valence-electron chi connectivity index (χ0n) is 9.13. The van der Waals surface area contributed by atoms with E-state index in [4.69, 9.17) is 15.6 Å². The van der Waals surface area contributed by atoms with Crippen molar-refractivity contribution in [1.82, 2.24) is 4.98 Å². The summed E-state index contributed by atoms with van der Waals surface area (Å²) < 4.78 is 18.0. The molecule has 1 heterocycles. The summed E-state index contributed by atoms with van der Waals surface area (Å²) in [5.41, 5.74) is 5.63. The predicted molar refractivity (Wildman–Crippen MR) is 62.1 cm³/mol. The van der Waals surface area contributed by atoms with Crippen molar-refractivity contribution in [1.29, 1.82) is 0 Å². The molecule has 0 fully saturated rings. The second-order valence-electron chi connectivity index (χ2n) is 3.45. The number of nitrogens with zero attached hydrogens (tertiary/aromatic N) is 1. The average Bonchev–Trinajstić information content (AvgIpc) is 2.34. The molecule has 6 heteroatoms. The van der Waals surface area contributed by atoms with E-state index in [-0.39, 0.29) is 17.3 Å². The lowest BCUT2D eigenvalue weighted by molar-refractivity contribution is 0.0689. The van der Waals surface area contributed by atoms with Gasteiger partial charge >= 0.3 is 5.97 Å². The summed E-state index contributed by atoms with van der Waals surface area (Å²) in [5, 5.41) is 8.79. The second-order valence-corrected chi connectivity index (χ2v) is 3.45. The molecule has 0 aliphatic rings. The summed E-state index contributed by atoms with van der Waals surface area (Å²) >= 11 is 0. The Morgan fingerprint density at radius 1 is 1.22 bits per heavy atom. The van der Waals surface area contributed by atoms with E-state index in [0.29, 0.717) is 5.75 Å². The van der Waals surface area contributed by atoms with Crippen LogP contribution in [0.15, 0.2) is 36.4 Å². The van der Waals surface area contributed by atoms with Gasteiger partial charge in [-0.05, 0) is 36.4 Å². The number of hydrogen-bond acceptors (Lipinski definition) is 4. The first-order chi connectivity index (χ1) is 8.56. The Bertz CT molecular complexity index is 584. The van der Waals surface area contributed by atoms with E-state index in [2.05, 4.69) is 4.98 Å². The van der Waals surface area contributed by atoms with E-state index in [1.807, 2.05) is 0 Å². The van der Waals surface area contributed by atoms with Crippen LogP contribution in [0, 0.1) is 5.82 Å². The van der Waals surface area contributed by atoms with Gasteiger partial charge in [0.25, 0.3) is 0 Å². The van der Waals surface area contributed by atoms with Crippen molar-refractivity contribution in [3.05, 3.63) is 47.9 Å². The Labute approximate surface area is 102 Å². The first kappa shape index (κ1) is 11.8. The van der Waals surface area contributed by atoms with Gasteiger partial charge in [0.1, 0.15) is 11.6 Å². The fourth-order valence-electron chi connectivity index (χ4n) is 1.27. The Morgan fingerprint density at radius 3 is 2.50 bits per heavy atom. The van der Waals surface area contributed by atoms with E-state index in [1.165, 1.54) is 36.4 Å². The number of aromatic nitrogens is 1. The maximum Gasteiger partial charge on any atom is 0.354 e. The molecule has 92 valence electrons. The highest BCUT2D eigenvalue weighted by Gasteiger charge is 2.10. The molecule has 0 radical (unpaired) electrons. The lowest BCUT2D eigenvalue weighted by atomic mass is 10.3. The molecule has 0 spiro atoms. The van der Waals surface area contributed by atoms with Crippen LogP contribution in [0.3, 0.4) is 0 Å². The molecule has 0 atom stereocenters. The monoisotopic (exact) mass is 248 g/mol. The van der Waals surface area contributed by atoms with Gasteiger partial charge in [-0.2, -0.15) is 0 Å². The minimum atomic E-state index is -1.18. The molecule has 3 N–H and O–H groups in total. The molecular weight excluding hydrogens is 239 g/mol. The molecule has 0 unspecified atom stereocenters. The molecular formula is C12H9FN2O3. The maximum absolute atomic E-state index is 12.7. The quantitative estimate of drug-likeness (QED) is 0.870. The summed E-state index contributed by atoms with van der Waals surface area (Å²) in [4.78, 5) is 14.5. The average molecular weight is 248 g/mol. The highest BCUT2D eigenvalue weighted by Crippen LogP contribution is 2.25. The summed E-state index contributed by atoms with van der Waals surface area (Å²) in [6.07, 6.45) is 0. The largest absolute Gasteiger partial charge is 0.477 e. The zero-order valence-corrected chi connectivity index (χ0v) is 9.13. The smallest absolute Gasteiger partial charge is 0.354 e. The number of halogens is 1. The molecule has 2 rings (SSSR count). The van der Waals surface area contributed by atoms with Crippen LogP contribution >= 0.6 is 0 Å². The normalized spacial score (nSPS) is 10.1. The van der Waals surface area contributed by atoms with Crippen LogP contribution in [0.1, 0.15) is 10.5 Å². The van der Waals surface area contributed by atoms with E-state index < -0.39 is 11.8 Å². The molecule has 0 saturated carbocycles. The molecule has 0 aliphatic carbocycles. The third kappa shape index (κ3) is 2.54. The molecule has 18 heavy (non-hydrogen) atoms. The van der Waals surface area contributed by atoms with Crippen molar-refractivity contribution < 1.29 is 19.0 Å². The number of carboxylic acids is 1. The van der Waals surface area contributed by atoms with Crippen LogP contribution in [0.4, 0.5) is 10.1 Å². The van der Waals surface area contributed by atoms with E-state index in [1.54, 1.807) is 0 Å². The fourth-order valence-corrected chi connectivity index (χ4v) is 1.27. The van der Waals surface area contributed by atoms with Gasteiger partial charge in [0.2, 0.25) is 5.88 Å². The predicted octanol–water partition coefficient (Wildman–Crippen LogP) is 2.29. The summed E-state index contributed by atoms with van der Waals surface area (Å²) in [6, 6.07) is 7.87. The molecule has 1 aromatic carbocycles. The molecule has 2 aromatic rings. The van der Waals surface area contributed by atoms with Crippen LogP contribution in [-0.2, 0) is 0 Å². The van der Waals surface area contributed by atoms with Crippen molar-refractivity contribution in [3.8, 4) is 11.6 Å². The number of anilines is 1. The van der Waals surface area contributed by atoms with Gasteiger partial charge in [-0.25, -0.2) is 14.2 Å². The van der Waals surface area contributed by atoms with Gasteiger partial charge in [-0.3, -0.25) is 0 Å². The number of pyridine rings is 1. The van der Waals surface area contributed by atoms with Gasteiger partial charge in [0.05, 0.1) is 5.69 Å². The number of rotatable bonds is 3. The van der Waals surface area contributed by atoms with Crippen LogP contribution in [0.2, 0.25) is 0 Å². The first-order valence-electron chi connectivity index (χ1n) is 4.99. The number of benzene rings is 1. The number of nitrogen functional groups attached to an aromatic ring is 1. The topological polar surface area (TPSA) is 85.4 Å². The van der Waals surface area contributed by atoms with Crippen LogP contribution < -0.4 is 10.5 Å². The van der Waals surface area contributed by atoms with Crippen LogP contribution in [-0.4, -0.2) is 16.1 Å². The lowest BCUT2D eigenvalue weighted by Crippen LogP contribution is -2.03. The van der Waals surface area contributed by atoms with Gasteiger partial charge in [0, 0.05) is 0 Å². The summed E-state index contributed by atoms with van der Waals surface area (Å²) in [5.74, 6) is -1.29. The van der Waals surface area contributed by atoms with Crippen molar-refractivity contribution >= 4 is 11.7 Å². The van der Waals surface area contributed by atoms with Crippen molar-refractivity contribution in [3.63, 3.8) is 0 Å². The highest BCUT2D eigenvalue weighted by molar-refractivity contribution is 5.86. The van der Waals surface area contributed by atoms with Crippen molar-refractivity contribution in [2.75, 3.05) is 5.73 Å². The molecule has 0 saturated heterocycles. The minimum Gasteiger partial charge on any atom is -0.477 e. The number of aromatic carboxylic acids is 1. The number of carbonyl (C=O) groups is 1.